The number of nitrogens with one attached hydrogen (secondary N) is 1. The molecule has 1 N–H and O–H groups in total. The zero-order valence-corrected chi connectivity index (χ0v) is 16.0. The van der Waals surface area contributed by atoms with Crippen LogP contribution in [0.25, 0.3) is 0 Å². The molecule has 148 valence electrons. The van der Waals surface area contributed by atoms with Gasteiger partial charge in [-0.1, -0.05) is 36.8 Å². The Morgan fingerprint density at radius 1 is 1.18 bits per heavy atom. The van der Waals surface area contributed by atoms with Gasteiger partial charge in [0, 0.05) is 25.8 Å². The van der Waals surface area contributed by atoms with Crippen LogP contribution in [-0.2, 0) is 22.5 Å². The number of carbonyl (C=O) groups excluding carboxylic acids is 1. The standard InChI is InChI=1S/C22H26FN3O2/c23-19-13-18(15-24-20(19)26-9-11-28-12-10-26)16-25-21(27)22(7-4-8-22)14-17-5-2-1-3-6-17/h1-3,5-6,13,15H,4,7-12,14,16H2,(H,25,27). The van der Waals surface area contributed by atoms with Crippen molar-refractivity contribution in [2.24, 2.45) is 5.41 Å². The summed E-state index contributed by atoms with van der Waals surface area (Å²) in [7, 11) is 0. The van der Waals surface area contributed by atoms with Crippen molar-refractivity contribution in [3.8, 4) is 0 Å². The lowest BCUT2D eigenvalue weighted by molar-refractivity contribution is -0.136. The van der Waals surface area contributed by atoms with Gasteiger partial charge in [-0.3, -0.25) is 4.79 Å². The van der Waals surface area contributed by atoms with E-state index in [2.05, 4.69) is 22.4 Å². The molecule has 1 aliphatic carbocycles. The molecule has 28 heavy (non-hydrogen) atoms. The molecule has 1 aromatic carbocycles. The van der Waals surface area contributed by atoms with Crippen molar-refractivity contribution in [1.29, 1.82) is 0 Å². The molecule has 4 rings (SSSR count). The van der Waals surface area contributed by atoms with Gasteiger partial charge < -0.3 is 15.0 Å². The molecule has 0 spiro atoms. The molecule has 1 amide bonds. The summed E-state index contributed by atoms with van der Waals surface area (Å²) in [5, 5.41) is 3.01. The topological polar surface area (TPSA) is 54.5 Å². The molecule has 0 bridgehead atoms. The van der Waals surface area contributed by atoms with Crippen LogP contribution in [0.3, 0.4) is 0 Å². The largest absolute Gasteiger partial charge is 0.378 e. The number of anilines is 1. The van der Waals surface area contributed by atoms with Crippen molar-refractivity contribution in [3.63, 3.8) is 0 Å². The van der Waals surface area contributed by atoms with E-state index < -0.39 is 0 Å². The molecule has 1 saturated heterocycles. The molecule has 0 unspecified atom stereocenters. The second-order valence-electron chi connectivity index (χ2n) is 7.73. The van der Waals surface area contributed by atoms with E-state index >= 15 is 0 Å². The van der Waals surface area contributed by atoms with Gasteiger partial charge in [0.05, 0.1) is 18.6 Å². The molecule has 2 aliphatic rings. The van der Waals surface area contributed by atoms with Crippen LogP contribution in [0.4, 0.5) is 10.2 Å². The Balaban J connectivity index is 1.38. The number of morpholine rings is 1. The Bertz CT molecular complexity index is 818. The van der Waals surface area contributed by atoms with Gasteiger partial charge >= 0.3 is 0 Å². The quantitative estimate of drug-likeness (QED) is 0.833. The molecule has 0 radical (unpaired) electrons. The molecule has 5 nitrogen and oxygen atoms in total. The summed E-state index contributed by atoms with van der Waals surface area (Å²) >= 11 is 0. The fraction of sp³-hybridized carbons (Fsp3) is 0.455. The van der Waals surface area contributed by atoms with Crippen molar-refractivity contribution < 1.29 is 13.9 Å². The number of nitrogens with zero attached hydrogens (tertiary/aromatic N) is 2. The van der Waals surface area contributed by atoms with Gasteiger partial charge in [-0.2, -0.15) is 0 Å². The molecule has 1 aliphatic heterocycles. The van der Waals surface area contributed by atoms with Crippen LogP contribution in [0.2, 0.25) is 0 Å². The first-order valence-electron chi connectivity index (χ1n) is 9.96. The van der Waals surface area contributed by atoms with E-state index in [0.717, 1.165) is 25.7 Å². The number of aromatic nitrogens is 1. The maximum atomic E-state index is 14.5. The summed E-state index contributed by atoms with van der Waals surface area (Å²) in [6.45, 7) is 2.75. The molecular weight excluding hydrogens is 357 g/mol. The van der Waals surface area contributed by atoms with Crippen LogP contribution in [0.15, 0.2) is 42.6 Å². The second kappa shape index (κ2) is 8.27. The minimum Gasteiger partial charge on any atom is -0.378 e. The molecule has 1 saturated carbocycles. The summed E-state index contributed by atoms with van der Waals surface area (Å²) in [6, 6.07) is 11.6. The van der Waals surface area contributed by atoms with Crippen molar-refractivity contribution in [3.05, 3.63) is 59.5 Å². The maximum Gasteiger partial charge on any atom is 0.226 e. The third-order valence-corrected chi connectivity index (χ3v) is 5.82. The number of pyridine rings is 1. The van der Waals surface area contributed by atoms with Gasteiger partial charge in [0.1, 0.15) is 0 Å². The molecular formula is C22H26FN3O2. The average molecular weight is 383 g/mol. The number of carbonyl (C=O) groups is 1. The number of ether oxygens (including phenoxy) is 1. The zero-order valence-electron chi connectivity index (χ0n) is 16.0. The summed E-state index contributed by atoms with van der Waals surface area (Å²) in [5.74, 6) is 0.0643. The minimum absolute atomic E-state index is 0.0558. The van der Waals surface area contributed by atoms with Gasteiger partial charge in [-0.25, -0.2) is 9.37 Å². The molecule has 1 aromatic heterocycles. The Kier molecular flexibility index (Phi) is 5.57. The van der Waals surface area contributed by atoms with Gasteiger partial charge in [-0.05, 0) is 36.5 Å². The smallest absolute Gasteiger partial charge is 0.226 e. The average Bonchev–Trinajstić information content (AvgIpc) is 2.70. The van der Waals surface area contributed by atoms with E-state index in [1.54, 1.807) is 6.20 Å². The van der Waals surface area contributed by atoms with Gasteiger partial charge in [0.25, 0.3) is 0 Å². The summed E-state index contributed by atoms with van der Waals surface area (Å²) in [4.78, 5) is 19.1. The number of benzene rings is 1. The molecule has 6 heteroatoms. The lowest BCUT2D eigenvalue weighted by Gasteiger charge is -2.40. The Morgan fingerprint density at radius 2 is 1.93 bits per heavy atom. The predicted octanol–water partition coefficient (Wildman–Crippen LogP) is 3.09. The van der Waals surface area contributed by atoms with Crippen LogP contribution in [-0.4, -0.2) is 37.2 Å². The molecule has 2 aromatic rings. The fourth-order valence-electron chi connectivity index (χ4n) is 4.02. The van der Waals surface area contributed by atoms with Crippen molar-refractivity contribution in [1.82, 2.24) is 10.3 Å². The third-order valence-electron chi connectivity index (χ3n) is 5.82. The van der Waals surface area contributed by atoms with E-state index in [4.69, 9.17) is 4.74 Å². The Morgan fingerprint density at radius 3 is 2.57 bits per heavy atom. The normalized spacial score (nSPS) is 18.4. The van der Waals surface area contributed by atoms with E-state index in [9.17, 15) is 9.18 Å². The van der Waals surface area contributed by atoms with Crippen LogP contribution < -0.4 is 10.2 Å². The van der Waals surface area contributed by atoms with E-state index in [1.165, 1.54) is 11.6 Å². The molecule has 0 atom stereocenters. The molecule has 2 fully saturated rings. The maximum absolute atomic E-state index is 14.5. The van der Waals surface area contributed by atoms with Crippen LogP contribution in [0, 0.1) is 11.2 Å². The second-order valence-corrected chi connectivity index (χ2v) is 7.73. The lowest BCUT2D eigenvalue weighted by atomic mass is 9.64. The van der Waals surface area contributed by atoms with Crippen LogP contribution in [0.1, 0.15) is 30.4 Å². The highest BCUT2D eigenvalue weighted by molar-refractivity contribution is 5.83. The van der Waals surface area contributed by atoms with Gasteiger partial charge in [0.15, 0.2) is 11.6 Å². The summed E-state index contributed by atoms with van der Waals surface area (Å²) < 4.78 is 19.8. The first-order chi connectivity index (χ1) is 13.7. The van der Waals surface area contributed by atoms with Gasteiger partial charge in [-0.15, -0.1) is 0 Å². The number of rotatable bonds is 6. The van der Waals surface area contributed by atoms with Crippen molar-refractivity contribution in [2.45, 2.75) is 32.2 Å². The first-order valence-corrected chi connectivity index (χ1v) is 9.96. The predicted molar refractivity (Wildman–Crippen MR) is 106 cm³/mol. The van der Waals surface area contributed by atoms with Crippen molar-refractivity contribution >= 4 is 11.7 Å². The number of hydrogen-bond acceptors (Lipinski definition) is 4. The Hall–Kier alpha value is -2.47. The molecule has 2 heterocycles. The van der Waals surface area contributed by atoms with Crippen molar-refractivity contribution in [2.75, 3.05) is 31.2 Å². The minimum atomic E-state index is -0.351. The van der Waals surface area contributed by atoms with E-state index in [1.807, 2.05) is 23.1 Å². The monoisotopic (exact) mass is 383 g/mol. The van der Waals surface area contributed by atoms with E-state index in [0.29, 0.717) is 44.2 Å². The number of hydrogen-bond donors (Lipinski definition) is 1. The number of halogens is 1. The van der Waals surface area contributed by atoms with Crippen LogP contribution >= 0.6 is 0 Å². The SMILES string of the molecule is O=C(NCc1cnc(N2CCOCC2)c(F)c1)C1(Cc2ccccc2)CCC1. The highest BCUT2D eigenvalue weighted by Gasteiger charge is 2.43. The highest BCUT2D eigenvalue weighted by atomic mass is 19.1. The van der Waals surface area contributed by atoms with Crippen LogP contribution in [0.5, 0.6) is 0 Å². The van der Waals surface area contributed by atoms with Gasteiger partial charge in [0.2, 0.25) is 5.91 Å². The Labute approximate surface area is 164 Å². The summed E-state index contributed by atoms with van der Waals surface area (Å²) in [6.07, 6.45) is 5.28. The summed E-state index contributed by atoms with van der Waals surface area (Å²) in [5.41, 5.74) is 1.53. The fourth-order valence-corrected chi connectivity index (χ4v) is 4.02. The first kappa shape index (κ1) is 18.9. The highest BCUT2D eigenvalue weighted by Crippen LogP contribution is 2.44. The van der Waals surface area contributed by atoms with E-state index in [-0.39, 0.29) is 17.1 Å². The number of amides is 1. The lowest BCUT2D eigenvalue weighted by Crippen LogP contribution is -2.47. The third kappa shape index (κ3) is 4.02. The zero-order chi connectivity index (χ0) is 19.4.